The summed E-state index contributed by atoms with van der Waals surface area (Å²) < 4.78 is 22.1. The van der Waals surface area contributed by atoms with E-state index in [1.165, 1.54) is 180 Å². The highest BCUT2D eigenvalue weighted by Gasteiger charge is 2.27. The van der Waals surface area contributed by atoms with Crippen LogP contribution in [-0.2, 0) is 18.4 Å². The molecule has 0 aliphatic carbocycles. The molecule has 1 amide bonds. The first-order valence-electron chi connectivity index (χ1n) is 24.4. The third-order valence-electron chi connectivity index (χ3n) is 11.2. The van der Waals surface area contributed by atoms with E-state index in [0.717, 1.165) is 38.5 Å². The summed E-state index contributed by atoms with van der Waals surface area (Å²) in [5.41, 5.74) is 5.37. The molecule has 0 saturated carbocycles. The molecule has 0 aliphatic rings. The number of hydrogen-bond acceptors (Lipinski definition) is 7. The van der Waals surface area contributed by atoms with Crippen molar-refractivity contribution in [2.45, 2.75) is 263 Å². The average molecular weight is 831 g/mol. The summed E-state index contributed by atoms with van der Waals surface area (Å²) in [5, 5.41) is 24.1. The van der Waals surface area contributed by atoms with Crippen molar-refractivity contribution in [1.82, 2.24) is 5.32 Å². The van der Waals surface area contributed by atoms with Crippen molar-refractivity contribution in [2.75, 3.05) is 19.8 Å². The molecule has 0 heterocycles. The number of unbranched alkanes of at least 4 members (excludes halogenated alkanes) is 32. The van der Waals surface area contributed by atoms with Gasteiger partial charge in [-0.15, -0.1) is 0 Å². The zero-order valence-corrected chi connectivity index (χ0v) is 38.4. The summed E-state index contributed by atoms with van der Waals surface area (Å²) in [6.45, 7) is 4.00. The maximum atomic E-state index is 12.8. The zero-order valence-electron chi connectivity index (χ0n) is 37.5. The summed E-state index contributed by atoms with van der Waals surface area (Å²) in [7, 11) is -4.40. The van der Waals surface area contributed by atoms with Crippen LogP contribution in [0.25, 0.3) is 0 Å². The smallest absolute Gasteiger partial charge is 0.393 e. The van der Waals surface area contributed by atoms with Gasteiger partial charge in [-0.05, 0) is 19.3 Å². The summed E-state index contributed by atoms with van der Waals surface area (Å²) in [4.78, 5) is 22.8. The molecular weight excluding hydrogens is 735 g/mol. The van der Waals surface area contributed by atoms with Crippen LogP contribution >= 0.6 is 7.82 Å². The minimum absolute atomic E-state index is 0.0516. The van der Waals surface area contributed by atoms with Gasteiger partial charge >= 0.3 is 7.82 Å². The fourth-order valence-electron chi connectivity index (χ4n) is 7.47. The lowest BCUT2D eigenvalue weighted by Gasteiger charge is -2.24. The van der Waals surface area contributed by atoms with E-state index in [1.807, 2.05) is 6.08 Å². The predicted molar refractivity (Wildman–Crippen MR) is 241 cm³/mol. The number of amides is 1. The third-order valence-corrected chi connectivity index (χ3v) is 12.2. The van der Waals surface area contributed by atoms with Crippen molar-refractivity contribution in [1.29, 1.82) is 0 Å². The van der Waals surface area contributed by atoms with Gasteiger partial charge in [0.2, 0.25) is 5.91 Å². The van der Waals surface area contributed by atoms with E-state index in [4.69, 9.17) is 14.8 Å². The molecule has 0 fully saturated rings. The number of rotatable bonds is 46. The van der Waals surface area contributed by atoms with Gasteiger partial charge in [0.1, 0.15) is 0 Å². The van der Waals surface area contributed by atoms with E-state index >= 15 is 0 Å². The molecule has 4 atom stereocenters. The molecule has 0 aliphatic heterocycles. The van der Waals surface area contributed by atoms with Crippen molar-refractivity contribution in [2.24, 2.45) is 5.73 Å². The molecule has 9 nitrogen and oxygen atoms in total. The minimum Gasteiger partial charge on any atom is -0.393 e. The fraction of sp³-hybridized carbons (Fsp3) is 0.936. The van der Waals surface area contributed by atoms with E-state index in [9.17, 15) is 24.5 Å². The molecule has 0 bridgehead atoms. The van der Waals surface area contributed by atoms with Crippen LogP contribution in [0.2, 0.25) is 0 Å². The van der Waals surface area contributed by atoms with E-state index in [-0.39, 0.29) is 19.6 Å². The maximum Gasteiger partial charge on any atom is 0.472 e. The molecular formula is C47H95N2O7P. The van der Waals surface area contributed by atoms with Crippen molar-refractivity contribution in [3.8, 4) is 0 Å². The molecule has 0 saturated heterocycles. The SMILES string of the molecule is CCCCCCCCCCCCCC/C=C/C(O)C(COP(=O)(O)OCCN)NC(=O)CC(O)CCCCCCCCCCCCCCCCCCCCCCC. The van der Waals surface area contributed by atoms with Crippen molar-refractivity contribution in [3.05, 3.63) is 12.2 Å². The average Bonchev–Trinajstić information content (AvgIpc) is 3.19. The molecule has 10 heteroatoms. The highest BCUT2D eigenvalue weighted by molar-refractivity contribution is 7.47. The first-order valence-corrected chi connectivity index (χ1v) is 25.9. The van der Waals surface area contributed by atoms with Crippen LogP contribution in [0.1, 0.15) is 245 Å². The summed E-state index contributed by atoms with van der Waals surface area (Å²) in [5.74, 6) is -0.441. The van der Waals surface area contributed by atoms with Crippen LogP contribution in [0.15, 0.2) is 12.2 Å². The Morgan fingerprint density at radius 1 is 0.596 bits per heavy atom. The lowest BCUT2D eigenvalue weighted by Crippen LogP contribution is -2.46. The Morgan fingerprint density at radius 3 is 1.35 bits per heavy atom. The number of hydrogen-bond donors (Lipinski definition) is 5. The second kappa shape index (κ2) is 43.3. The Labute approximate surface area is 352 Å². The Bertz CT molecular complexity index is 924. The van der Waals surface area contributed by atoms with Gasteiger partial charge in [0.05, 0.1) is 37.9 Å². The summed E-state index contributed by atoms with van der Waals surface area (Å²) >= 11 is 0. The summed E-state index contributed by atoms with van der Waals surface area (Å²) in [6.07, 6.45) is 45.9. The van der Waals surface area contributed by atoms with Crippen molar-refractivity contribution < 1.29 is 33.5 Å². The number of nitrogens with two attached hydrogens (primary N) is 1. The molecule has 0 aromatic rings. The molecule has 0 radical (unpaired) electrons. The second-order valence-corrected chi connectivity index (χ2v) is 18.3. The van der Waals surface area contributed by atoms with E-state index in [0.29, 0.717) is 6.42 Å². The standard InChI is InChI=1S/C47H95N2O7P/c1-3-5-7-9-11-13-15-17-19-20-21-22-23-24-25-26-28-30-32-34-36-38-44(50)42-47(52)49-45(43-56-57(53,54)55-41-40-48)46(51)39-37-35-33-31-29-27-18-16-14-12-10-8-6-4-2/h37,39,44-46,50-51H,3-36,38,40-43,48H2,1-2H3,(H,49,52)(H,53,54)/b39-37+. The van der Waals surface area contributed by atoms with E-state index in [1.54, 1.807) is 6.08 Å². The molecule has 0 spiro atoms. The van der Waals surface area contributed by atoms with Crippen molar-refractivity contribution >= 4 is 13.7 Å². The lowest BCUT2D eigenvalue weighted by molar-refractivity contribution is -0.124. The Morgan fingerprint density at radius 2 is 0.965 bits per heavy atom. The molecule has 0 aromatic heterocycles. The van der Waals surface area contributed by atoms with Gasteiger partial charge in [0, 0.05) is 6.54 Å². The van der Waals surface area contributed by atoms with Gasteiger partial charge in [-0.3, -0.25) is 13.8 Å². The van der Waals surface area contributed by atoms with E-state index in [2.05, 4.69) is 19.2 Å². The number of aliphatic hydroxyl groups excluding tert-OH is 2. The maximum absolute atomic E-state index is 12.8. The van der Waals surface area contributed by atoms with Crippen LogP contribution in [-0.4, -0.2) is 59.0 Å². The number of allylic oxidation sites excluding steroid dienone is 1. The molecule has 6 N–H and O–H groups in total. The topological polar surface area (TPSA) is 151 Å². The lowest BCUT2D eigenvalue weighted by atomic mass is 10.0. The number of aliphatic hydroxyl groups is 2. The minimum atomic E-state index is -4.40. The van der Waals surface area contributed by atoms with Crippen LogP contribution in [0.3, 0.4) is 0 Å². The van der Waals surface area contributed by atoms with Crippen LogP contribution in [0.5, 0.6) is 0 Å². The molecule has 0 aromatic carbocycles. The normalized spacial score (nSPS) is 14.6. The Hall–Kier alpha value is -0.800. The number of carbonyl (C=O) groups excluding carboxylic acids is 1. The quantitative estimate of drug-likeness (QED) is 0.0231. The molecule has 57 heavy (non-hydrogen) atoms. The van der Waals surface area contributed by atoms with Gasteiger partial charge < -0.3 is 26.2 Å². The highest BCUT2D eigenvalue weighted by Crippen LogP contribution is 2.43. The van der Waals surface area contributed by atoms with Crippen molar-refractivity contribution in [3.63, 3.8) is 0 Å². The molecule has 340 valence electrons. The summed E-state index contributed by atoms with van der Waals surface area (Å²) in [6, 6.07) is -0.977. The molecule has 4 unspecified atom stereocenters. The van der Waals surface area contributed by atoms with E-state index < -0.39 is 38.6 Å². The van der Waals surface area contributed by atoms with Gasteiger partial charge in [0.15, 0.2) is 0 Å². The largest absolute Gasteiger partial charge is 0.472 e. The number of nitrogens with one attached hydrogen (secondary N) is 1. The van der Waals surface area contributed by atoms with Gasteiger partial charge in [-0.25, -0.2) is 4.57 Å². The number of phosphoric acid groups is 1. The Kier molecular flexibility index (Phi) is 42.7. The predicted octanol–water partition coefficient (Wildman–Crippen LogP) is 12.9. The zero-order chi connectivity index (χ0) is 41.9. The highest BCUT2D eigenvalue weighted by atomic mass is 31.2. The van der Waals surface area contributed by atoms with Crippen LogP contribution in [0.4, 0.5) is 0 Å². The number of carbonyl (C=O) groups is 1. The third kappa shape index (κ3) is 41.7. The fourth-order valence-corrected chi connectivity index (χ4v) is 8.23. The molecule has 0 rings (SSSR count). The first kappa shape index (κ1) is 56.2. The van der Waals surface area contributed by atoms with Gasteiger partial charge in [0.25, 0.3) is 0 Å². The first-order chi connectivity index (χ1) is 27.8. The monoisotopic (exact) mass is 831 g/mol. The second-order valence-electron chi connectivity index (χ2n) is 16.9. The van der Waals surface area contributed by atoms with Crippen LogP contribution < -0.4 is 11.1 Å². The van der Waals surface area contributed by atoms with Gasteiger partial charge in [-0.2, -0.15) is 0 Å². The van der Waals surface area contributed by atoms with Crippen LogP contribution in [0, 0.1) is 0 Å². The van der Waals surface area contributed by atoms with Gasteiger partial charge in [-0.1, -0.05) is 231 Å². The Balaban J connectivity index is 4.15. The number of phosphoric ester groups is 1.